The number of aryl methyl sites for hydroxylation is 1. The van der Waals surface area contributed by atoms with Crippen molar-refractivity contribution in [3.8, 4) is 5.75 Å². The molecule has 1 N–H and O–H groups in total. The van der Waals surface area contributed by atoms with Gasteiger partial charge in [-0.3, -0.25) is 4.90 Å². The first kappa shape index (κ1) is 20.3. The number of benzene rings is 1. The van der Waals surface area contributed by atoms with Gasteiger partial charge in [0.2, 0.25) is 0 Å². The van der Waals surface area contributed by atoms with Crippen molar-refractivity contribution in [1.29, 1.82) is 0 Å². The van der Waals surface area contributed by atoms with Crippen LogP contribution in [0.25, 0.3) is 0 Å². The van der Waals surface area contributed by atoms with Gasteiger partial charge in [0.15, 0.2) is 0 Å². The lowest BCUT2D eigenvalue weighted by Crippen LogP contribution is -2.45. The summed E-state index contributed by atoms with van der Waals surface area (Å²) in [4.78, 5) is 2.54. The maximum Gasteiger partial charge on any atom is 0.121 e. The summed E-state index contributed by atoms with van der Waals surface area (Å²) in [5.41, 5.74) is 2.56. The second kappa shape index (κ2) is 10.1. The monoisotopic (exact) mass is 332 g/mol. The van der Waals surface area contributed by atoms with Crippen molar-refractivity contribution in [2.75, 3.05) is 33.3 Å². The molecular weight excluding hydrogens is 307 g/mol. The third kappa shape index (κ3) is 5.19. The summed E-state index contributed by atoms with van der Waals surface area (Å²) in [5, 5.41) is 3.41. The third-order valence-electron chi connectivity index (χ3n) is 3.79. The van der Waals surface area contributed by atoms with Gasteiger partial charge in [0.25, 0.3) is 0 Å². The Hall–Kier alpha value is -0.740. The number of hydrogen-bond donors (Lipinski definition) is 1. The normalized spacial score (nSPS) is 16.3. The Morgan fingerprint density at radius 1 is 1.33 bits per heavy atom. The van der Waals surface area contributed by atoms with E-state index in [4.69, 9.17) is 4.74 Å². The molecule has 0 amide bonds. The summed E-state index contributed by atoms with van der Waals surface area (Å²) < 4.78 is 5.34. The van der Waals surface area contributed by atoms with Crippen molar-refractivity contribution in [2.24, 2.45) is 0 Å². The Morgan fingerprint density at radius 3 is 2.52 bits per heavy atom. The van der Waals surface area contributed by atoms with E-state index in [1.54, 1.807) is 7.11 Å². The zero-order valence-corrected chi connectivity index (χ0v) is 14.4. The first-order chi connectivity index (χ1) is 9.26. The van der Waals surface area contributed by atoms with E-state index in [1.165, 1.54) is 11.1 Å². The van der Waals surface area contributed by atoms with Crippen LogP contribution in [0.2, 0.25) is 0 Å². The van der Waals surface area contributed by atoms with Crippen molar-refractivity contribution >= 4 is 24.8 Å². The van der Waals surface area contributed by atoms with Gasteiger partial charge >= 0.3 is 0 Å². The quantitative estimate of drug-likeness (QED) is 0.836. The topological polar surface area (TPSA) is 24.5 Å². The van der Waals surface area contributed by atoms with Gasteiger partial charge in [0, 0.05) is 32.2 Å². The lowest BCUT2D eigenvalue weighted by atomic mass is 9.99. The SMILES string of the molecule is C=CC[C@@H](c1ccc(OC)c(C)c1)N1CCNCC1.Cl.Cl. The maximum absolute atomic E-state index is 5.34. The van der Waals surface area contributed by atoms with E-state index in [-0.39, 0.29) is 24.8 Å². The molecule has 1 fully saturated rings. The molecule has 0 unspecified atom stereocenters. The Labute approximate surface area is 140 Å². The van der Waals surface area contributed by atoms with Crippen LogP contribution < -0.4 is 10.1 Å². The lowest BCUT2D eigenvalue weighted by Gasteiger charge is -2.35. The summed E-state index contributed by atoms with van der Waals surface area (Å²) in [6, 6.07) is 6.93. The molecule has 1 aromatic carbocycles. The fraction of sp³-hybridized carbons (Fsp3) is 0.500. The number of nitrogens with one attached hydrogen (secondary N) is 1. The van der Waals surface area contributed by atoms with Crippen molar-refractivity contribution < 1.29 is 4.74 Å². The molecule has 0 aliphatic carbocycles. The molecule has 0 bridgehead atoms. The molecule has 1 aliphatic rings. The fourth-order valence-corrected chi connectivity index (χ4v) is 2.76. The Bertz CT molecular complexity index is 434. The molecule has 5 heteroatoms. The minimum atomic E-state index is 0. The van der Waals surface area contributed by atoms with E-state index >= 15 is 0 Å². The largest absolute Gasteiger partial charge is 0.496 e. The van der Waals surface area contributed by atoms with Gasteiger partial charge < -0.3 is 10.1 Å². The number of halogens is 2. The zero-order valence-electron chi connectivity index (χ0n) is 12.8. The van der Waals surface area contributed by atoms with Crippen LogP contribution in [0.4, 0.5) is 0 Å². The van der Waals surface area contributed by atoms with Crippen LogP contribution in [-0.4, -0.2) is 38.2 Å². The third-order valence-corrected chi connectivity index (χ3v) is 3.79. The molecule has 1 heterocycles. The molecule has 3 nitrogen and oxygen atoms in total. The first-order valence-corrected chi connectivity index (χ1v) is 6.96. The molecule has 0 radical (unpaired) electrons. The van der Waals surface area contributed by atoms with Crippen molar-refractivity contribution in [1.82, 2.24) is 10.2 Å². The summed E-state index contributed by atoms with van der Waals surface area (Å²) >= 11 is 0. The van der Waals surface area contributed by atoms with Gasteiger partial charge in [0.05, 0.1) is 7.11 Å². The van der Waals surface area contributed by atoms with E-state index in [0.29, 0.717) is 6.04 Å². The van der Waals surface area contributed by atoms with Gasteiger partial charge in [-0.1, -0.05) is 18.2 Å². The Morgan fingerprint density at radius 2 is 2.00 bits per heavy atom. The minimum Gasteiger partial charge on any atom is -0.496 e. The second-order valence-electron chi connectivity index (χ2n) is 5.06. The van der Waals surface area contributed by atoms with E-state index in [1.807, 2.05) is 6.08 Å². The molecular formula is C16H26Cl2N2O. The fourth-order valence-electron chi connectivity index (χ4n) is 2.76. The highest BCUT2D eigenvalue weighted by Crippen LogP contribution is 2.29. The van der Waals surface area contributed by atoms with Gasteiger partial charge in [0.1, 0.15) is 5.75 Å². The minimum absolute atomic E-state index is 0. The number of piperazine rings is 1. The molecule has 1 aliphatic heterocycles. The van der Waals surface area contributed by atoms with E-state index in [2.05, 4.69) is 41.9 Å². The highest BCUT2D eigenvalue weighted by molar-refractivity contribution is 5.85. The average Bonchev–Trinajstić information content (AvgIpc) is 2.45. The smallest absolute Gasteiger partial charge is 0.121 e. The van der Waals surface area contributed by atoms with E-state index < -0.39 is 0 Å². The van der Waals surface area contributed by atoms with Gasteiger partial charge in [-0.05, 0) is 30.5 Å². The molecule has 1 saturated heterocycles. The summed E-state index contributed by atoms with van der Waals surface area (Å²) in [5.74, 6) is 0.960. The molecule has 2 rings (SSSR count). The molecule has 0 spiro atoms. The summed E-state index contributed by atoms with van der Waals surface area (Å²) in [6.45, 7) is 10.4. The van der Waals surface area contributed by atoms with Crippen LogP contribution in [0, 0.1) is 6.92 Å². The van der Waals surface area contributed by atoms with Crippen LogP contribution in [0.5, 0.6) is 5.75 Å². The lowest BCUT2D eigenvalue weighted by molar-refractivity contribution is 0.174. The van der Waals surface area contributed by atoms with Crippen LogP contribution in [-0.2, 0) is 0 Å². The van der Waals surface area contributed by atoms with Gasteiger partial charge in [-0.2, -0.15) is 0 Å². The Balaban J connectivity index is 0.00000200. The second-order valence-corrected chi connectivity index (χ2v) is 5.06. The van der Waals surface area contributed by atoms with Crippen LogP contribution in [0.15, 0.2) is 30.9 Å². The van der Waals surface area contributed by atoms with Crippen LogP contribution in [0.1, 0.15) is 23.6 Å². The van der Waals surface area contributed by atoms with Crippen LogP contribution in [0.3, 0.4) is 0 Å². The zero-order chi connectivity index (χ0) is 13.7. The number of methoxy groups -OCH3 is 1. The summed E-state index contributed by atoms with van der Waals surface area (Å²) in [6.07, 6.45) is 3.01. The number of nitrogens with zero attached hydrogens (tertiary/aromatic N) is 1. The van der Waals surface area contributed by atoms with Crippen LogP contribution >= 0.6 is 24.8 Å². The molecule has 1 aromatic rings. The molecule has 21 heavy (non-hydrogen) atoms. The van der Waals surface area contributed by atoms with Gasteiger partial charge in [-0.25, -0.2) is 0 Å². The number of ether oxygens (including phenoxy) is 1. The number of rotatable bonds is 5. The van der Waals surface area contributed by atoms with Gasteiger partial charge in [-0.15, -0.1) is 31.4 Å². The maximum atomic E-state index is 5.34. The van der Waals surface area contributed by atoms with E-state index in [9.17, 15) is 0 Å². The molecule has 0 saturated carbocycles. The molecule has 0 aromatic heterocycles. The van der Waals surface area contributed by atoms with Crippen molar-refractivity contribution in [3.05, 3.63) is 42.0 Å². The first-order valence-electron chi connectivity index (χ1n) is 6.96. The van der Waals surface area contributed by atoms with Crippen molar-refractivity contribution in [2.45, 2.75) is 19.4 Å². The van der Waals surface area contributed by atoms with E-state index in [0.717, 1.165) is 38.3 Å². The highest BCUT2D eigenvalue weighted by Gasteiger charge is 2.21. The standard InChI is InChI=1S/C16H24N2O.2ClH/c1-4-5-15(18-10-8-17-9-11-18)14-6-7-16(19-3)13(2)12-14;;/h4,6-7,12,15,17H,1,5,8-11H2,2-3H3;2*1H/t15-;;/m0../s1. The van der Waals surface area contributed by atoms with Crippen molar-refractivity contribution in [3.63, 3.8) is 0 Å². The predicted octanol–water partition coefficient (Wildman–Crippen LogP) is 3.37. The molecule has 120 valence electrons. The summed E-state index contributed by atoms with van der Waals surface area (Å²) in [7, 11) is 1.72. The predicted molar refractivity (Wildman–Crippen MR) is 94.2 cm³/mol. The highest BCUT2D eigenvalue weighted by atomic mass is 35.5. The number of hydrogen-bond acceptors (Lipinski definition) is 3. The molecule has 1 atom stereocenters. The average molecular weight is 333 g/mol. The Kier molecular flexibility index (Phi) is 9.71.